The largest absolute Gasteiger partial charge is 0.309 e. The van der Waals surface area contributed by atoms with Crippen LogP contribution in [0.1, 0.15) is 31.0 Å². The summed E-state index contributed by atoms with van der Waals surface area (Å²) in [7, 11) is 0. The number of benzene rings is 1. The van der Waals surface area contributed by atoms with Crippen LogP contribution in [0, 0.1) is 17.2 Å². The predicted molar refractivity (Wildman–Crippen MR) is 117 cm³/mol. The van der Waals surface area contributed by atoms with Crippen LogP contribution in [-0.2, 0) is 22.4 Å². The van der Waals surface area contributed by atoms with Gasteiger partial charge in [0.2, 0.25) is 16.9 Å². The smallest absolute Gasteiger partial charge is 0.229 e. The Morgan fingerprint density at radius 3 is 2.53 bits per heavy atom. The second kappa shape index (κ2) is 10.1. The highest BCUT2D eigenvalue weighted by Crippen LogP contribution is 2.38. The van der Waals surface area contributed by atoms with Gasteiger partial charge in [-0.15, -0.1) is 5.10 Å². The summed E-state index contributed by atoms with van der Waals surface area (Å²) >= 11 is 1.11. The molecule has 2 amide bonds. The monoisotopic (exact) mass is 425 g/mol. The van der Waals surface area contributed by atoms with Gasteiger partial charge in [0.25, 0.3) is 0 Å². The van der Waals surface area contributed by atoms with Crippen molar-refractivity contribution in [2.45, 2.75) is 32.6 Å². The summed E-state index contributed by atoms with van der Waals surface area (Å²) < 4.78 is 0. The SMILES string of the molecule is CC(=O)NC(=N)SC(=[NH2+])C1CC(Cc2ccc(NC(=O)Cc3ccccc3)nn2)C1. The Kier molecular flexibility index (Phi) is 7.29. The van der Waals surface area contributed by atoms with Gasteiger partial charge in [-0.3, -0.25) is 20.4 Å². The maximum atomic E-state index is 12.1. The van der Waals surface area contributed by atoms with Crippen molar-refractivity contribution in [3.8, 4) is 0 Å². The number of carbonyl (C=O) groups excluding carboxylic acids is 2. The van der Waals surface area contributed by atoms with E-state index >= 15 is 0 Å². The molecule has 3 rings (SSSR count). The number of nitrogens with one attached hydrogen (secondary N) is 3. The van der Waals surface area contributed by atoms with Crippen LogP contribution in [0.25, 0.3) is 0 Å². The minimum absolute atomic E-state index is 0.0548. The molecule has 9 heteroatoms. The van der Waals surface area contributed by atoms with E-state index in [1.54, 1.807) is 6.07 Å². The van der Waals surface area contributed by atoms with Crippen LogP contribution in [0.3, 0.4) is 0 Å². The summed E-state index contributed by atoms with van der Waals surface area (Å²) in [6.45, 7) is 1.37. The number of hydrogen-bond donors (Lipinski definition) is 4. The zero-order valence-corrected chi connectivity index (χ0v) is 17.5. The third-order valence-corrected chi connectivity index (χ3v) is 5.72. The number of anilines is 1. The molecule has 0 radical (unpaired) electrons. The van der Waals surface area contributed by atoms with Crippen molar-refractivity contribution in [1.29, 1.82) is 5.41 Å². The van der Waals surface area contributed by atoms with Crippen molar-refractivity contribution >= 4 is 39.6 Å². The lowest BCUT2D eigenvalue weighted by Crippen LogP contribution is -2.48. The number of amides is 2. The van der Waals surface area contributed by atoms with Gasteiger partial charge >= 0.3 is 0 Å². The minimum Gasteiger partial charge on any atom is -0.309 e. The van der Waals surface area contributed by atoms with Crippen LogP contribution in [-0.4, -0.2) is 32.2 Å². The van der Waals surface area contributed by atoms with Crippen LogP contribution in [0.2, 0.25) is 0 Å². The van der Waals surface area contributed by atoms with Gasteiger partial charge in [0.1, 0.15) is 0 Å². The van der Waals surface area contributed by atoms with Gasteiger partial charge in [0.15, 0.2) is 11.0 Å². The topological polar surface area (TPSA) is 133 Å². The van der Waals surface area contributed by atoms with E-state index in [2.05, 4.69) is 20.8 Å². The molecule has 1 aromatic heterocycles. The number of carbonyl (C=O) groups is 2. The molecule has 2 aromatic rings. The van der Waals surface area contributed by atoms with Crippen molar-refractivity contribution < 1.29 is 15.0 Å². The summed E-state index contributed by atoms with van der Waals surface area (Å²) in [4.78, 5) is 23.1. The Labute approximate surface area is 179 Å². The fourth-order valence-electron chi connectivity index (χ4n) is 3.32. The van der Waals surface area contributed by atoms with E-state index in [1.165, 1.54) is 6.92 Å². The second-order valence-electron chi connectivity index (χ2n) is 7.37. The molecular formula is C21H25N6O2S+. The molecule has 1 saturated carbocycles. The summed E-state index contributed by atoms with van der Waals surface area (Å²) in [6, 6.07) is 13.2. The predicted octanol–water partition coefficient (Wildman–Crippen LogP) is 1.19. The number of nitrogens with zero attached hydrogens (tertiary/aromatic N) is 2. The van der Waals surface area contributed by atoms with Gasteiger partial charge in [0.05, 0.1) is 18.0 Å². The molecule has 156 valence electrons. The molecule has 1 heterocycles. The highest BCUT2D eigenvalue weighted by molar-refractivity contribution is 8.26. The van der Waals surface area contributed by atoms with E-state index in [0.717, 1.165) is 42.3 Å². The van der Waals surface area contributed by atoms with Crippen LogP contribution >= 0.6 is 11.8 Å². The van der Waals surface area contributed by atoms with Crippen molar-refractivity contribution in [3.05, 3.63) is 53.7 Å². The normalized spacial score (nSPS) is 17.5. The maximum absolute atomic E-state index is 12.1. The van der Waals surface area contributed by atoms with Crippen LogP contribution in [0.15, 0.2) is 42.5 Å². The van der Waals surface area contributed by atoms with E-state index < -0.39 is 0 Å². The third-order valence-electron chi connectivity index (χ3n) is 4.84. The van der Waals surface area contributed by atoms with Gasteiger partial charge in [-0.25, -0.2) is 0 Å². The van der Waals surface area contributed by atoms with Crippen molar-refractivity contribution in [3.63, 3.8) is 0 Å². The van der Waals surface area contributed by atoms with Crippen molar-refractivity contribution in [2.75, 3.05) is 5.32 Å². The zero-order chi connectivity index (χ0) is 21.5. The molecule has 1 aromatic carbocycles. The van der Waals surface area contributed by atoms with Gasteiger partial charge in [-0.05, 0) is 42.9 Å². The Morgan fingerprint density at radius 1 is 1.17 bits per heavy atom. The molecule has 0 bridgehead atoms. The Balaban J connectivity index is 1.40. The number of nitrogens with two attached hydrogens (primary N) is 1. The molecule has 1 aliphatic rings. The highest BCUT2D eigenvalue weighted by Gasteiger charge is 2.36. The average molecular weight is 426 g/mol. The Hall–Kier alpha value is -3.07. The lowest BCUT2D eigenvalue weighted by atomic mass is 9.73. The third kappa shape index (κ3) is 6.48. The number of amidine groups is 1. The Morgan fingerprint density at radius 2 is 1.90 bits per heavy atom. The maximum Gasteiger partial charge on any atom is 0.229 e. The van der Waals surface area contributed by atoms with Crippen molar-refractivity contribution in [2.24, 2.45) is 11.8 Å². The van der Waals surface area contributed by atoms with Gasteiger partial charge in [-0.1, -0.05) is 30.3 Å². The van der Waals surface area contributed by atoms with Crippen LogP contribution in [0.5, 0.6) is 0 Å². The van der Waals surface area contributed by atoms with Crippen molar-refractivity contribution in [1.82, 2.24) is 15.5 Å². The molecule has 5 N–H and O–H groups in total. The number of hydrogen-bond acceptors (Lipinski definition) is 6. The fraction of sp³-hybridized carbons (Fsp3) is 0.333. The molecule has 0 spiro atoms. The molecule has 1 fully saturated rings. The zero-order valence-electron chi connectivity index (χ0n) is 16.7. The highest BCUT2D eigenvalue weighted by atomic mass is 32.2. The summed E-state index contributed by atoms with van der Waals surface area (Å²) in [5.74, 6) is 0.732. The molecule has 0 atom stereocenters. The first-order chi connectivity index (χ1) is 14.4. The van der Waals surface area contributed by atoms with E-state index in [0.29, 0.717) is 23.2 Å². The number of aromatic nitrogens is 2. The van der Waals surface area contributed by atoms with Gasteiger partial charge < -0.3 is 10.6 Å². The van der Waals surface area contributed by atoms with Gasteiger partial charge in [0, 0.05) is 18.7 Å². The molecule has 0 saturated heterocycles. The lowest BCUT2D eigenvalue weighted by molar-refractivity contribution is -0.118. The Bertz CT molecular complexity index is 926. The summed E-state index contributed by atoms with van der Waals surface area (Å²) in [5.41, 5.74) is 1.82. The lowest BCUT2D eigenvalue weighted by Gasteiger charge is -2.32. The fourth-order valence-corrected chi connectivity index (χ4v) is 4.11. The number of rotatable bonds is 6. The standard InChI is InChI=1S/C21H24N6O2S/c1-13(28)24-21(23)30-20(22)16-9-15(10-16)11-17-7-8-18(27-26-17)25-19(29)12-14-5-3-2-4-6-14/h2-8,15-16,22H,9-12H2,1H3,(H2,23,24,28)(H,25,27,29)/p+1. The summed E-state index contributed by atoms with van der Waals surface area (Å²) in [5, 5.41) is 28.0. The molecule has 0 unspecified atom stereocenters. The first-order valence-corrected chi connectivity index (χ1v) is 10.5. The van der Waals surface area contributed by atoms with Crippen LogP contribution in [0.4, 0.5) is 5.82 Å². The summed E-state index contributed by atoms with van der Waals surface area (Å²) in [6.07, 6.45) is 2.93. The van der Waals surface area contributed by atoms with E-state index in [1.807, 2.05) is 36.4 Å². The van der Waals surface area contributed by atoms with E-state index in [4.69, 9.17) is 10.8 Å². The molecule has 30 heavy (non-hydrogen) atoms. The van der Waals surface area contributed by atoms with Gasteiger partial charge in [-0.2, -0.15) is 5.10 Å². The molecule has 0 aliphatic heterocycles. The van der Waals surface area contributed by atoms with E-state index in [9.17, 15) is 9.59 Å². The average Bonchev–Trinajstić information content (AvgIpc) is 2.65. The second-order valence-corrected chi connectivity index (χ2v) is 8.46. The molecular weight excluding hydrogens is 400 g/mol. The van der Waals surface area contributed by atoms with Crippen LogP contribution < -0.4 is 16.0 Å². The minimum atomic E-state index is -0.273. The molecule has 8 nitrogen and oxygen atoms in total. The first-order valence-electron chi connectivity index (χ1n) is 9.71. The number of thioether (sulfide) groups is 1. The quantitative estimate of drug-likeness (QED) is 0.407. The van der Waals surface area contributed by atoms with E-state index in [-0.39, 0.29) is 22.9 Å². The molecule has 1 aliphatic carbocycles. The first kappa shape index (κ1) is 21.6.